The molecule has 2 aliphatic rings. The van der Waals surface area contributed by atoms with Crippen molar-refractivity contribution in [1.82, 2.24) is 4.90 Å². The number of rotatable bonds is 4. The minimum absolute atomic E-state index is 0.170. The molecule has 3 atom stereocenters. The molecule has 0 saturated carbocycles. The highest BCUT2D eigenvalue weighted by Crippen LogP contribution is 2.32. The average molecular weight is 473 g/mol. The van der Waals surface area contributed by atoms with Crippen molar-refractivity contribution in [2.24, 2.45) is 0 Å². The molecule has 0 aromatic heterocycles. The van der Waals surface area contributed by atoms with Crippen molar-refractivity contribution in [3.8, 4) is 5.75 Å². The summed E-state index contributed by atoms with van der Waals surface area (Å²) in [6.07, 6.45) is 0.852. The van der Waals surface area contributed by atoms with Crippen LogP contribution in [0.2, 0.25) is 5.02 Å². The smallest absolute Gasteiger partial charge is 0.308 e. The summed E-state index contributed by atoms with van der Waals surface area (Å²) in [5.74, 6) is -0.479. The molecule has 33 heavy (non-hydrogen) atoms. The fourth-order valence-corrected chi connectivity index (χ4v) is 4.40. The van der Waals surface area contributed by atoms with Crippen LogP contribution in [0.5, 0.6) is 5.75 Å². The van der Waals surface area contributed by atoms with Gasteiger partial charge in [-0.1, -0.05) is 17.7 Å². The normalized spacial score (nSPS) is 22.2. The Kier molecular flexibility index (Phi) is 6.85. The van der Waals surface area contributed by atoms with Gasteiger partial charge in [0.1, 0.15) is 18.5 Å². The second-order valence-electron chi connectivity index (χ2n) is 8.12. The highest BCUT2D eigenvalue weighted by molar-refractivity contribution is 6.31. The fourth-order valence-electron chi connectivity index (χ4n) is 4.21. The number of nitrogens with zero attached hydrogens (tertiary/aromatic N) is 1. The molecule has 2 heterocycles. The van der Waals surface area contributed by atoms with Gasteiger partial charge in [-0.05, 0) is 49.2 Å². The zero-order valence-electron chi connectivity index (χ0n) is 18.4. The van der Waals surface area contributed by atoms with Gasteiger partial charge in [0, 0.05) is 23.3 Å². The van der Waals surface area contributed by atoms with Gasteiger partial charge in [-0.3, -0.25) is 14.4 Å². The summed E-state index contributed by atoms with van der Waals surface area (Å²) in [6, 6.07) is 11.4. The molecule has 9 heteroatoms. The van der Waals surface area contributed by atoms with E-state index in [0.717, 1.165) is 0 Å². The van der Waals surface area contributed by atoms with Crippen molar-refractivity contribution in [3.63, 3.8) is 0 Å². The molecule has 174 valence electrons. The van der Waals surface area contributed by atoms with Crippen molar-refractivity contribution < 1.29 is 28.6 Å². The third kappa shape index (κ3) is 5.12. The van der Waals surface area contributed by atoms with E-state index >= 15 is 0 Å². The number of carbonyl (C=O) groups excluding carboxylic acids is 3. The molecular formula is C24H25ClN2O6. The number of amides is 2. The minimum Gasteiger partial charge on any atom is -0.490 e. The molecule has 0 unspecified atom stereocenters. The molecule has 2 aromatic carbocycles. The Bertz CT molecular complexity index is 1070. The Morgan fingerprint density at radius 2 is 2.03 bits per heavy atom. The van der Waals surface area contributed by atoms with Gasteiger partial charge in [0.05, 0.1) is 31.2 Å². The van der Waals surface area contributed by atoms with Crippen LogP contribution in [0.4, 0.5) is 5.69 Å². The predicted molar refractivity (Wildman–Crippen MR) is 122 cm³/mol. The molecule has 1 N–H and O–H groups in total. The Hall–Kier alpha value is -3.10. The van der Waals surface area contributed by atoms with Gasteiger partial charge in [-0.25, -0.2) is 0 Å². The van der Waals surface area contributed by atoms with Crippen molar-refractivity contribution in [3.05, 3.63) is 58.6 Å². The molecule has 0 aliphatic carbocycles. The van der Waals surface area contributed by atoms with E-state index in [2.05, 4.69) is 5.32 Å². The maximum atomic E-state index is 13.3. The van der Waals surface area contributed by atoms with Gasteiger partial charge >= 0.3 is 5.97 Å². The number of methoxy groups -OCH3 is 1. The lowest BCUT2D eigenvalue weighted by atomic mass is 9.94. The Morgan fingerprint density at radius 3 is 2.79 bits per heavy atom. The summed E-state index contributed by atoms with van der Waals surface area (Å²) in [7, 11) is 3.08. The molecule has 2 aromatic rings. The van der Waals surface area contributed by atoms with Crippen LogP contribution in [-0.2, 0) is 14.3 Å². The lowest BCUT2D eigenvalue weighted by molar-refractivity contribution is -0.151. The molecule has 0 bridgehead atoms. The third-order valence-corrected chi connectivity index (χ3v) is 6.21. The summed E-state index contributed by atoms with van der Waals surface area (Å²) >= 11 is 5.97. The topological polar surface area (TPSA) is 94.2 Å². The number of fused-ring (bicyclic) bond motifs is 2. The number of hydrogen-bond donors (Lipinski definition) is 1. The van der Waals surface area contributed by atoms with E-state index in [4.69, 9.17) is 25.8 Å². The first-order valence-corrected chi connectivity index (χ1v) is 11.1. The first-order valence-electron chi connectivity index (χ1n) is 10.7. The fraction of sp³-hybridized carbons (Fsp3) is 0.375. The summed E-state index contributed by atoms with van der Waals surface area (Å²) in [5.41, 5.74) is 1.24. The quantitative estimate of drug-likeness (QED) is 0.684. The van der Waals surface area contributed by atoms with E-state index in [1.807, 2.05) is 0 Å². The van der Waals surface area contributed by atoms with Crippen LogP contribution < -0.4 is 10.1 Å². The zero-order chi connectivity index (χ0) is 23.5. The van der Waals surface area contributed by atoms with Gasteiger partial charge in [-0.15, -0.1) is 0 Å². The summed E-state index contributed by atoms with van der Waals surface area (Å²) in [5, 5.41) is 3.26. The SMILES string of the molecule is COC(=O)C[C@H]1CC[C@@H]2[C@H](COc3ccc(NC(=O)c4cccc(Cl)c4)cc3C(=O)N2C)O1. The third-order valence-electron chi connectivity index (χ3n) is 5.98. The van der Waals surface area contributed by atoms with E-state index in [0.29, 0.717) is 40.4 Å². The number of halogens is 1. The molecule has 8 nitrogen and oxygen atoms in total. The first-order chi connectivity index (χ1) is 15.9. The van der Waals surface area contributed by atoms with Crippen molar-refractivity contribution in [2.45, 2.75) is 37.5 Å². The zero-order valence-corrected chi connectivity index (χ0v) is 19.1. The molecule has 1 saturated heterocycles. The van der Waals surface area contributed by atoms with Crippen molar-refractivity contribution in [2.75, 3.05) is 26.1 Å². The number of anilines is 1. The standard InChI is InChI=1S/C24H25ClN2O6/c1-27-19-8-7-17(12-22(28)31-2)33-21(19)13-32-20-9-6-16(11-18(20)24(27)30)26-23(29)14-4-3-5-15(25)10-14/h3-6,9-11,17,19,21H,7-8,12-13H2,1-2H3,(H,26,29)/t17-,19-,21+/m1/s1. The number of ether oxygens (including phenoxy) is 3. The summed E-state index contributed by atoms with van der Waals surface area (Å²) < 4.78 is 16.8. The van der Waals surface area contributed by atoms with E-state index < -0.39 is 0 Å². The van der Waals surface area contributed by atoms with Gasteiger partial charge in [-0.2, -0.15) is 0 Å². The number of nitrogens with one attached hydrogen (secondary N) is 1. The monoisotopic (exact) mass is 472 g/mol. The molecule has 4 rings (SSSR count). The van der Waals surface area contributed by atoms with Crippen LogP contribution in [0.15, 0.2) is 42.5 Å². The minimum atomic E-state index is -0.363. The van der Waals surface area contributed by atoms with Crippen LogP contribution in [0.3, 0.4) is 0 Å². The molecular weight excluding hydrogens is 448 g/mol. The van der Waals surface area contributed by atoms with Gasteiger partial charge in [0.2, 0.25) is 0 Å². The Labute approximate surface area is 196 Å². The molecule has 2 amide bonds. The van der Waals surface area contributed by atoms with Crippen LogP contribution >= 0.6 is 11.6 Å². The molecule has 1 fully saturated rings. The largest absolute Gasteiger partial charge is 0.490 e. The number of hydrogen-bond acceptors (Lipinski definition) is 6. The van der Waals surface area contributed by atoms with Crippen molar-refractivity contribution >= 4 is 35.1 Å². The summed E-state index contributed by atoms with van der Waals surface area (Å²) in [6.45, 7) is 0.237. The lowest BCUT2D eigenvalue weighted by Gasteiger charge is -2.42. The highest BCUT2D eigenvalue weighted by atomic mass is 35.5. The summed E-state index contributed by atoms with van der Waals surface area (Å²) in [4.78, 5) is 39.1. The molecule has 0 radical (unpaired) electrons. The van der Waals surface area contributed by atoms with E-state index in [9.17, 15) is 14.4 Å². The van der Waals surface area contributed by atoms with Crippen LogP contribution in [0, 0.1) is 0 Å². The van der Waals surface area contributed by atoms with Gasteiger partial charge in [0.15, 0.2) is 0 Å². The van der Waals surface area contributed by atoms with E-state index in [-0.39, 0.29) is 49.1 Å². The van der Waals surface area contributed by atoms with Crippen molar-refractivity contribution in [1.29, 1.82) is 0 Å². The van der Waals surface area contributed by atoms with Crippen LogP contribution in [0.25, 0.3) is 0 Å². The number of benzene rings is 2. The number of likely N-dealkylation sites (N-methyl/N-ethyl adjacent to an activating group) is 1. The second kappa shape index (κ2) is 9.80. The average Bonchev–Trinajstić information content (AvgIpc) is 2.81. The van der Waals surface area contributed by atoms with Gasteiger partial charge < -0.3 is 24.4 Å². The maximum Gasteiger partial charge on any atom is 0.308 e. The highest BCUT2D eigenvalue weighted by Gasteiger charge is 2.39. The molecule has 0 spiro atoms. The second-order valence-corrected chi connectivity index (χ2v) is 8.56. The molecule has 2 aliphatic heterocycles. The Morgan fingerprint density at radius 1 is 1.21 bits per heavy atom. The Balaban J connectivity index is 1.52. The number of carbonyl (C=O) groups is 3. The van der Waals surface area contributed by atoms with Crippen LogP contribution in [-0.4, -0.2) is 61.7 Å². The van der Waals surface area contributed by atoms with E-state index in [1.54, 1.807) is 54.4 Å². The van der Waals surface area contributed by atoms with E-state index in [1.165, 1.54) is 7.11 Å². The predicted octanol–water partition coefficient (Wildman–Crippen LogP) is 3.54. The van der Waals surface area contributed by atoms with Gasteiger partial charge in [0.25, 0.3) is 11.8 Å². The maximum absolute atomic E-state index is 13.3. The first kappa shape index (κ1) is 23.1. The lowest BCUT2D eigenvalue weighted by Crippen LogP contribution is -2.53. The van der Waals surface area contributed by atoms with Crippen LogP contribution in [0.1, 0.15) is 40.0 Å². The number of esters is 1.